The number of aromatic nitrogens is 1. The Labute approximate surface area is 146 Å². The van der Waals surface area contributed by atoms with Gasteiger partial charge in [0.25, 0.3) is 0 Å². The molecule has 24 heavy (non-hydrogen) atoms. The fourth-order valence-electron chi connectivity index (χ4n) is 3.84. The van der Waals surface area contributed by atoms with Crippen molar-refractivity contribution in [2.24, 2.45) is 5.41 Å². The summed E-state index contributed by atoms with van der Waals surface area (Å²) >= 11 is 1.62. The number of aryl methyl sites for hydroxylation is 1. The van der Waals surface area contributed by atoms with Crippen LogP contribution in [0.5, 0.6) is 0 Å². The fourth-order valence-corrected chi connectivity index (χ4v) is 4.45. The van der Waals surface area contributed by atoms with Gasteiger partial charge in [0, 0.05) is 32.1 Å². The normalized spacial score (nSPS) is 20.7. The molecule has 0 aromatic carbocycles. The molecule has 0 atom stereocenters. The van der Waals surface area contributed by atoms with E-state index < -0.39 is 0 Å². The van der Waals surface area contributed by atoms with Crippen molar-refractivity contribution in [3.63, 3.8) is 0 Å². The third-order valence-electron chi connectivity index (χ3n) is 5.18. The van der Waals surface area contributed by atoms with Crippen molar-refractivity contribution in [3.8, 4) is 0 Å². The third kappa shape index (κ3) is 3.47. The number of piperidine rings is 2. The molecule has 1 aromatic rings. The highest BCUT2D eigenvalue weighted by Crippen LogP contribution is 2.41. The first kappa shape index (κ1) is 17.4. The number of ether oxygens (including phenoxy) is 1. The van der Waals surface area contributed by atoms with Crippen LogP contribution in [0.25, 0.3) is 0 Å². The van der Waals surface area contributed by atoms with Crippen molar-refractivity contribution in [2.45, 2.75) is 39.2 Å². The Kier molecular flexibility index (Phi) is 5.20. The molecule has 0 aliphatic carbocycles. The first-order valence-corrected chi connectivity index (χ1v) is 9.39. The Morgan fingerprint density at radius 3 is 2.71 bits per heavy atom. The molecule has 1 aromatic heterocycles. The summed E-state index contributed by atoms with van der Waals surface area (Å²) in [6, 6.07) is 0. The summed E-state index contributed by atoms with van der Waals surface area (Å²) in [6.07, 6.45) is 3.48. The number of carbonyl (C=O) groups is 2. The van der Waals surface area contributed by atoms with Gasteiger partial charge in [-0.05, 0) is 32.6 Å². The summed E-state index contributed by atoms with van der Waals surface area (Å²) in [4.78, 5) is 33.3. The predicted molar refractivity (Wildman–Crippen MR) is 91.6 cm³/mol. The quantitative estimate of drug-likeness (QED) is 0.830. The molecule has 1 spiro atoms. The molecule has 0 unspecified atom stereocenters. The predicted octanol–water partition coefficient (Wildman–Crippen LogP) is 1.83. The van der Waals surface area contributed by atoms with Gasteiger partial charge in [-0.15, -0.1) is 11.3 Å². The van der Waals surface area contributed by atoms with Gasteiger partial charge in [0.15, 0.2) is 0 Å². The lowest BCUT2D eigenvalue weighted by Crippen LogP contribution is -2.54. The van der Waals surface area contributed by atoms with E-state index in [0.717, 1.165) is 42.9 Å². The molecule has 2 fully saturated rings. The minimum absolute atomic E-state index is 0.0189. The Morgan fingerprint density at radius 2 is 2.08 bits per heavy atom. The van der Waals surface area contributed by atoms with Crippen LogP contribution < -0.4 is 0 Å². The van der Waals surface area contributed by atoms with E-state index in [0.29, 0.717) is 19.6 Å². The van der Waals surface area contributed by atoms with Gasteiger partial charge in [-0.1, -0.05) is 0 Å². The van der Waals surface area contributed by atoms with Gasteiger partial charge in [0.1, 0.15) is 6.61 Å². The minimum atomic E-state index is -0.285. The second kappa shape index (κ2) is 7.19. The highest BCUT2D eigenvalue weighted by molar-refractivity contribution is 7.09. The number of carbonyl (C=O) groups excluding carboxylic acids is 2. The number of hydrogen-bond donors (Lipinski definition) is 0. The van der Waals surface area contributed by atoms with Gasteiger partial charge in [-0.3, -0.25) is 9.59 Å². The Bertz CT molecular complexity index is 608. The van der Waals surface area contributed by atoms with E-state index >= 15 is 0 Å². The summed E-state index contributed by atoms with van der Waals surface area (Å²) in [6.45, 7) is 4.83. The maximum Gasteiger partial charge on any atom is 0.248 e. The van der Waals surface area contributed by atoms with Gasteiger partial charge in [0.05, 0.1) is 22.7 Å². The summed E-state index contributed by atoms with van der Waals surface area (Å²) in [7, 11) is 1.53. The van der Waals surface area contributed by atoms with Crippen molar-refractivity contribution in [1.29, 1.82) is 0 Å². The van der Waals surface area contributed by atoms with E-state index in [9.17, 15) is 9.59 Å². The second-order valence-corrected chi connectivity index (χ2v) is 7.84. The lowest BCUT2D eigenvalue weighted by Gasteiger charge is -2.46. The molecule has 3 heterocycles. The van der Waals surface area contributed by atoms with Crippen LogP contribution in [0.2, 0.25) is 0 Å². The molecular formula is C17H25N3O3S. The van der Waals surface area contributed by atoms with E-state index in [2.05, 4.69) is 4.98 Å². The van der Waals surface area contributed by atoms with Crippen LogP contribution in [0.4, 0.5) is 0 Å². The van der Waals surface area contributed by atoms with Crippen molar-refractivity contribution >= 4 is 23.2 Å². The maximum atomic E-state index is 13.1. The van der Waals surface area contributed by atoms with Gasteiger partial charge >= 0.3 is 0 Å². The van der Waals surface area contributed by atoms with Crippen LogP contribution in [-0.2, 0) is 20.9 Å². The topological polar surface area (TPSA) is 62.7 Å². The standard InChI is InChI=1S/C17H25N3O3S/c1-13-18-14(12-24-13)10-20-7-3-4-17(16(20)22)5-8-19(9-6-17)15(21)11-23-2/h12H,3-11H2,1-2H3. The zero-order valence-corrected chi connectivity index (χ0v) is 15.2. The van der Waals surface area contributed by atoms with Crippen LogP contribution in [0.3, 0.4) is 0 Å². The van der Waals surface area contributed by atoms with E-state index in [1.807, 2.05) is 22.1 Å². The minimum Gasteiger partial charge on any atom is -0.375 e. The van der Waals surface area contributed by atoms with Gasteiger partial charge in [0.2, 0.25) is 11.8 Å². The Balaban J connectivity index is 1.64. The number of rotatable bonds is 4. The van der Waals surface area contributed by atoms with Crippen molar-refractivity contribution < 1.29 is 14.3 Å². The van der Waals surface area contributed by atoms with Gasteiger partial charge < -0.3 is 14.5 Å². The average molecular weight is 351 g/mol. The molecule has 132 valence electrons. The van der Waals surface area contributed by atoms with Crippen molar-refractivity contribution in [1.82, 2.24) is 14.8 Å². The van der Waals surface area contributed by atoms with Crippen LogP contribution in [-0.4, -0.2) is 59.9 Å². The van der Waals surface area contributed by atoms with E-state index in [1.165, 1.54) is 7.11 Å². The molecule has 6 nitrogen and oxygen atoms in total. The monoisotopic (exact) mass is 351 g/mol. The van der Waals surface area contributed by atoms with Gasteiger partial charge in [-0.2, -0.15) is 0 Å². The zero-order chi connectivity index (χ0) is 17.2. The molecule has 2 aliphatic rings. The summed E-state index contributed by atoms with van der Waals surface area (Å²) in [5.74, 6) is 0.267. The van der Waals surface area contributed by atoms with Crippen LogP contribution in [0, 0.1) is 12.3 Å². The maximum absolute atomic E-state index is 13.1. The lowest BCUT2D eigenvalue weighted by atomic mass is 9.71. The highest BCUT2D eigenvalue weighted by Gasteiger charge is 2.46. The molecule has 2 saturated heterocycles. The smallest absolute Gasteiger partial charge is 0.248 e. The largest absolute Gasteiger partial charge is 0.375 e. The number of thiazole rings is 1. The second-order valence-electron chi connectivity index (χ2n) is 6.78. The molecule has 0 bridgehead atoms. The number of likely N-dealkylation sites (tertiary alicyclic amines) is 2. The summed E-state index contributed by atoms with van der Waals surface area (Å²) < 4.78 is 4.93. The summed E-state index contributed by atoms with van der Waals surface area (Å²) in [5, 5.41) is 3.07. The molecule has 0 N–H and O–H groups in total. The van der Waals surface area contributed by atoms with Crippen LogP contribution >= 0.6 is 11.3 Å². The van der Waals surface area contributed by atoms with E-state index in [4.69, 9.17) is 4.74 Å². The van der Waals surface area contributed by atoms with Crippen LogP contribution in [0.1, 0.15) is 36.4 Å². The molecule has 0 saturated carbocycles. The molecule has 2 amide bonds. The Hall–Kier alpha value is -1.47. The van der Waals surface area contributed by atoms with Crippen LogP contribution in [0.15, 0.2) is 5.38 Å². The lowest BCUT2D eigenvalue weighted by molar-refractivity contribution is -0.154. The number of methoxy groups -OCH3 is 1. The van der Waals surface area contributed by atoms with Gasteiger partial charge in [-0.25, -0.2) is 4.98 Å². The van der Waals surface area contributed by atoms with Crippen molar-refractivity contribution in [2.75, 3.05) is 33.4 Å². The molecule has 0 radical (unpaired) electrons. The molecule has 3 rings (SSSR count). The van der Waals surface area contributed by atoms with Crippen molar-refractivity contribution in [3.05, 3.63) is 16.1 Å². The zero-order valence-electron chi connectivity index (χ0n) is 14.4. The summed E-state index contributed by atoms with van der Waals surface area (Å²) in [5.41, 5.74) is 0.697. The molecule has 7 heteroatoms. The molecular weight excluding hydrogens is 326 g/mol. The number of hydrogen-bond acceptors (Lipinski definition) is 5. The van der Waals surface area contributed by atoms with E-state index in [-0.39, 0.29) is 23.8 Å². The number of amides is 2. The third-order valence-corrected chi connectivity index (χ3v) is 6.01. The van der Waals surface area contributed by atoms with E-state index in [1.54, 1.807) is 11.3 Å². The first-order valence-electron chi connectivity index (χ1n) is 8.51. The number of nitrogens with zero attached hydrogens (tertiary/aromatic N) is 3. The Morgan fingerprint density at radius 1 is 1.33 bits per heavy atom. The fraction of sp³-hybridized carbons (Fsp3) is 0.706. The SMILES string of the molecule is COCC(=O)N1CCC2(CCCN(Cc3csc(C)n3)C2=O)CC1. The average Bonchev–Trinajstić information content (AvgIpc) is 2.98. The highest BCUT2D eigenvalue weighted by atomic mass is 32.1. The first-order chi connectivity index (χ1) is 11.5. The molecule has 2 aliphatic heterocycles.